The van der Waals surface area contributed by atoms with Gasteiger partial charge in [-0.25, -0.2) is 0 Å². The van der Waals surface area contributed by atoms with Crippen LogP contribution < -0.4 is 0 Å². The van der Waals surface area contributed by atoms with E-state index < -0.39 is 0 Å². The maximum absolute atomic E-state index is 9.31. The lowest BCUT2D eigenvalue weighted by Gasteiger charge is -2.24. The molecule has 0 heterocycles. The predicted octanol–water partition coefficient (Wildman–Crippen LogP) is 3.69. The molecule has 0 aromatic carbocycles. The summed E-state index contributed by atoms with van der Waals surface area (Å²) in [6.07, 6.45) is 3.42. The Balaban J connectivity index is 4.84. The van der Waals surface area contributed by atoms with Crippen LogP contribution >= 0.6 is 0 Å². The van der Waals surface area contributed by atoms with Crippen molar-refractivity contribution in [3.8, 4) is 0 Å². The average molecular weight is 196 g/mol. The van der Waals surface area contributed by atoms with Crippen molar-refractivity contribution in [1.29, 1.82) is 0 Å². The van der Waals surface area contributed by atoms with E-state index >= 15 is 0 Å². The molecule has 82 valence electrons. The first-order valence-corrected chi connectivity index (χ1v) is 5.48. The van der Waals surface area contributed by atoms with Gasteiger partial charge in [-0.05, 0) is 37.8 Å². The molecule has 0 saturated carbocycles. The fourth-order valence-corrected chi connectivity index (χ4v) is 1.32. The summed E-state index contributed by atoms with van der Waals surface area (Å²) in [7, 11) is 0. The summed E-state index contributed by atoms with van der Waals surface area (Å²) in [6.45, 7) is 10.7. The third-order valence-electron chi connectivity index (χ3n) is 2.39. The van der Waals surface area contributed by atoms with Crippen LogP contribution in [0.25, 0.3) is 0 Å². The van der Waals surface area contributed by atoms with Crippen LogP contribution in [0.3, 0.4) is 0 Å². The summed E-state index contributed by atoms with van der Waals surface area (Å²) in [5, 5.41) is 9.31. The molecule has 0 fully saturated rings. The molecule has 0 atom stereocenters. The largest absolute Gasteiger partial charge is 0.395 e. The molecule has 0 unspecified atom stereocenters. The Morgan fingerprint density at radius 1 is 1.29 bits per heavy atom. The number of rotatable bonds is 5. The molecule has 0 aliphatic rings. The molecular weight excluding hydrogens is 172 g/mol. The Bertz CT molecular complexity index is 226. The first kappa shape index (κ1) is 13.5. The molecule has 0 saturated heterocycles. The molecule has 0 aliphatic heterocycles. The third kappa shape index (κ3) is 4.64. The van der Waals surface area contributed by atoms with Gasteiger partial charge in [0.05, 0.1) is 6.61 Å². The quantitative estimate of drug-likeness (QED) is 0.665. The Morgan fingerprint density at radius 3 is 2.21 bits per heavy atom. The molecule has 0 aromatic rings. The molecule has 0 rings (SSSR count). The summed E-state index contributed by atoms with van der Waals surface area (Å²) in [6, 6.07) is 0. The second-order valence-corrected chi connectivity index (χ2v) is 4.75. The highest BCUT2D eigenvalue weighted by Crippen LogP contribution is 2.29. The summed E-state index contributed by atoms with van der Waals surface area (Å²) in [5.74, 6) is 0. The smallest absolute Gasteiger partial charge is 0.0525 e. The van der Waals surface area contributed by atoms with Crippen molar-refractivity contribution in [2.24, 2.45) is 5.41 Å². The van der Waals surface area contributed by atoms with E-state index in [-0.39, 0.29) is 12.0 Å². The maximum atomic E-state index is 9.31. The van der Waals surface area contributed by atoms with E-state index in [1.807, 2.05) is 0 Å². The Hall–Kier alpha value is -0.520. The molecule has 1 heteroatoms. The van der Waals surface area contributed by atoms with Gasteiger partial charge in [-0.1, -0.05) is 27.2 Å². The molecule has 1 nitrogen and oxygen atoms in total. The van der Waals surface area contributed by atoms with E-state index in [0.29, 0.717) is 0 Å². The highest BCUT2D eigenvalue weighted by molar-refractivity contribution is 5.14. The van der Waals surface area contributed by atoms with Gasteiger partial charge in [0, 0.05) is 5.41 Å². The number of unbranched alkanes of at least 4 members (excludes halogenated alkanes) is 1. The molecular formula is C13H24O. The summed E-state index contributed by atoms with van der Waals surface area (Å²) in [4.78, 5) is 0. The summed E-state index contributed by atoms with van der Waals surface area (Å²) >= 11 is 0. The van der Waals surface area contributed by atoms with Gasteiger partial charge in [-0.3, -0.25) is 0 Å². The van der Waals surface area contributed by atoms with Crippen LogP contribution in [0.1, 0.15) is 53.9 Å². The van der Waals surface area contributed by atoms with Gasteiger partial charge in [0.2, 0.25) is 0 Å². The fourth-order valence-electron chi connectivity index (χ4n) is 1.32. The second kappa shape index (κ2) is 6.06. The number of hydrogen-bond acceptors (Lipinski definition) is 1. The molecule has 0 radical (unpaired) electrons. The van der Waals surface area contributed by atoms with Crippen molar-refractivity contribution in [3.63, 3.8) is 0 Å². The van der Waals surface area contributed by atoms with E-state index in [1.54, 1.807) is 0 Å². The number of aliphatic hydroxyl groups is 1. The van der Waals surface area contributed by atoms with Crippen molar-refractivity contribution in [3.05, 3.63) is 16.9 Å². The Labute approximate surface area is 88.5 Å². The summed E-state index contributed by atoms with van der Waals surface area (Å²) in [5.41, 5.74) is 5.70. The van der Waals surface area contributed by atoms with E-state index in [4.69, 9.17) is 0 Å². The topological polar surface area (TPSA) is 20.2 Å². The van der Waals surface area contributed by atoms with Crippen LogP contribution in [0.5, 0.6) is 0 Å². The average Bonchev–Trinajstić information content (AvgIpc) is 2.11. The molecule has 1 N–H and O–H groups in total. The highest BCUT2D eigenvalue weighted by Gasteiger charge is 2.21. The van der Waals surface area contributed by atoms with Crippen molar-refractivity contribution < 1.29 is 5.11 Å². The molecule has 0 bridgehead atoms. The minimum Gasteiger partial charge on any atom is -0.395 e. The highest BCUT2D eigenvalue weighted by atomic mass is 16.3. The molecule has 0 aromatic heterocycles. The predicted molar refractivity (Wildman–Crippen MR) is 62.3 cm³/mol. The lowest BCUT2D eigenvalue weighted by Crippen LogP contribution is -2.19. The third-order valence-corrected chi connectivity index (χ3v) is 2.39. The Morgan fingerprint density at radius 2 is 1.86 bits per heavy atom. The normalized spacial score (nSPS) is 11.0. The van der Waals surface area contributed by atoms with Gasteiger partial charge in [0.1, 0.15) is 0 Å². The standard InChI is InChI=1S/C13H24O/c1-6-7-8-12(9-11(2)3)13(4,5)10-14/h14H,6-8,10H2,1-5H3. The van der Waals surface area contributed by atoms with Crippen molar-refractivity contribution in [2.75, 3.05) is 6.61 Å². The van der Waals surface area contributed by atoms with Gasteiger partial charge < -0.3 is 5.11 Å². The van der Waals surface area contributed by atoms with Crippen LogP contribution in [0.2, 0.25) is 0 Å². The van der Waals surface area contributed by atoms with Gasteiger partial charge in [-0.2, -0.15) is 0 Å². The Kier molecular flexibility index (Phi) is 5.83. The second-order valence-electron chi connectivity index (χ2n) is 4.75. The first-order valence-electron chi connectivity index (χ1n) is 5.48. The molecule has 14 heavy (non-hydrogen) atoms. The maximum Gasteiger partial charge on any atom is 0.0525 e. The first-order chi connectivity index (χ1) is 6.44. The van der Waals surface area contributed by atoms with Crippen molar-refractivity contribution in [2.45, 2.75) is 53.9 Å². The van der Waals surface area contributed by atoms with Crippen LogP contribution in [-0.4, -0.2) is 11.7 Å². The number of aliphatic hydroxyl groups excluding tert-OH is 1. The monoisotopic (exact) mass is 196 g/mol. The zero-order chi connectivity index (χ0) is 11.2. The van der Waals surface area contributed by atoms with Gasteiger partial charge in [0.15, 0.2) is 0 Å². The van der Waals surface area contributed by atoms with E-state index in [1.165, 1.54) is 24.0 Å². The van der Waals surface area contributed by atoms with E-state index in [0.717, 1.165) is 6.42 Å². The molecule has 0 spiro atoms. The number of hydrogen-bond donors (Lipinski definition) is 1. The van der Waals surface area contributed by atoms with E-state index in [9.17, 15) is 5.11 Å². The van der Waals surface area contributed by atoms with Crippen LogP contribution in [-0.2, 0) is 0 Å². The SMILES string of the molecule is CCCCC(=C=C(C)C)C(C)(C)CO. The minimum atomic E-state index is -0.119. The lowest BCUT2D eigenvalue weighted by molar-refractivity contribution is 0.186. The fraction of sp³-hybridized carbons (Fsp3) is 0.769. The van der Waals surface area contributed by atoms with Crippen LogP contribution in [0.15, 0.2) is 16.9 Å². The zero-order valence-corrected chi connectivity index (χ0v) is 10.3. The van der Waals surface area contributed by atoms with Gasteiger partial charge >= 0.3 is 0 Å². The van der Waals surface area contributed by atoms with Crippen LogP contribution in [0, 0.1) is 5.41 Å². The van der Waals surface area contributed by atoms with E-state index in [2.05, 4.69) is 40.3 Å². The molecule has 0 amide bonds. The molecule has 0 aliphatic carbocycles. The summed E-state index contributed by atoms with van der Waals surface area (Å²) < 4.78 is 0. The minimum absolute atomic E-state index is 0.119. The van der Waals surface area contributed by atoms with Gasteiger partial charge in [0.25, 0.3) is 0 Å². The van der Waals surface area contributed by atoms with Crippen molar-refractivity contribution >= 4 is 0 Å². The zero-order valence-electron chi connectivity index (χ0n) is 10.3. The van der Waals surface area contributed by atoms with Crippen molar-refractivity contribution in [1.82, 2.24) is 0 Å². The lowest BCUT2D eigenvalue weighted by atomic mass is 9.82. The van der Waals surface area contributed by atoms with Crippen LogP contribution in [0.4, 0.5) is 0 Å². The van der Waals surface area contributed by atoms with Gasteiger partial charge in [-0.15, -0.1) is 5.73 Å².